The summed E-state index contributed by atoms with van der Waals surface area (Å²) in [6.45, 7) is 5.68. The van der Waals surface area contributed by atoms with Gasteiger partial charge in [0.1, 0.15) is 11.5 Å². The number of benzene rings is 2. The Bertz CT molecular complexity index is 740. The Labute approximate surface area is 222 Å². The number of ether oxygens (including phenoxy) is 2. The van der Waals surface area contributed by atoms with Crippen LogP contribution in [0.25, 0.3) is 0 Å². The standard InChI is InChI=1S/C12H28BNO3.2C8H8O2/c1-2-3-4-5-6-7-8-9-10-11-12-14-17-13(15)16;2*1-7(9)10-8-5-3-2-4-6-8/h14-16H,2-12H2,1H3;2*2-6H,1H3. The van der Waals surface area contributed by atoms with Gasteiger partial charge in [0, 0.05) is 20.4 Å². The highest BCUT2D eigenvalue weighted by Crippen LogP contribution is 2.10. The first kappa shape index (κ1) is 34.3. The van der Waals surface area contributed by atoms with E-state index in [4.69, 9.17) is 19.5 Å². The third-order valence-electron chi connectivity index (χ3n) is 4.83. The smallest absolute Gasteiger partial charge is 0.427 e. The summed E-state index contributed by atoms with van der Waals surface area (Å²) in [6, 6.07) is 18.0. The van der Waals surface area contributed by atoms with E-state index in [0.29, 0.717) is 18.0 Å². The van der Waals surface area contributed by atoms with Crippen molar-refractivity contribution in [2.45, 2.75) is 85.0 Å². The quantitative estimate of drug-likeness (QED) is 0.0917. The summed E-state index contributed by atoms with van der Waals surface area (Å²) in [5.41, 5.74) is 2.51. The van der Waals surface area contributed by atoms with Gasteiger partial charge in [-0.2, -0.15) is 0 Å². The number of para-hydroxylation sites is 2. The molecule has 8 nitrogen and oxygen atoms in total. The fraction of sp³-hybridized carbons (Fsp3) is 0.500. The van der Waals surface area contributed by atoms with Gasteiger partial charge in [-0.3, -0.25) is 9.59 Å². The molecule has 37 heavy (non-hydrogen) atoms. The van der Waals surface area contributed by atoms with E-state index in [1.54, 1.807) is 24.3 Å². The summed E-state index contributed by atoms with van der Waals surface area (Å²) in [4.78, 5) is 20.8. The van der Waals surface area contributed by atoms with Crippen LogP contribution in [0.15, 0.2) is 60.7 Å². The van der Waals surface area contributed by atoms with Crippen LogP contribution in [0.3, 0.4) is 0 Å². The van der Waals surface area contributed by atoms with Gasteiger partial charge < -0.3 is 24.3 Å². The first-order chi connectivity index (χ1) is 17.8. The normalized spacial score (nSPS) is 9.76. The third kappa shape index (κ3) is 26.2. The number of carbonyl (C=O) groups excluding carboxylic acids is 2. The largest absolute Gasteiger partial charge is 0.651 e. The lowest BCUT2D eigenvalue weighted by Crippen LogP contribution is -2.28. The average molecular weight is 517 g/mol. The van der Waals surface area contributed by atoms with Gasteiger partial charge in [-0.05, 0) is 30.7 Å². The molecule has 3 N–H and O–H groups in total. The molecule has 0 aromatic heterocycles. The van der Waals surface area contributed by atoms with Crippen LogP contribution in [-0.4, -0.2) is 35.9 Å². The fourth-order valence-corrected chi connectivity index (χ4v) is 3.13. The van der Waals surface area contributed by atoms with E-state index in [1.165, 1.54) is 71.6 Å². The molecule has 0 aliphatic carbocycles. The maximum atomic E-state index is 10.4. The molecule has 0 bridgehead atoms. The Morgan fingerprint density at radius 2 is 1.05 bits per heavy atom. The van der Waals surface area contributed by atoms with Crippen LogP contribution in [-0.2, 0) is 14.3 Å². The minimum atomic E-state index is -1.71. The maximum Gasteiger partial charge on any atom is 0.651 e. The van der Waals surface area contributed by atoms with Crippen LogP contribution in [0.1, 0.15) is 85.0 Å². The van der Waals surface area contributed by atoms with Gasteiger partial charge in [-0.15, -0.1) is 0 Å². The molecule has 2 rings (SSSR count). The van der Waals surface area contributed by atoms with Gasteiger partial charge >= 0.3 is 19.3 Å². The molecule has 0 saturated heterocycles. The summed E-state index contributed by atoms with van der Waals surface area (Å²) >= 11 is 0. The average Bonchev–Trinajstić information content (AvgIpc) is 2.86. The highest BCUT2D eigenvalue weighted by Gasteiger charge is 2.06. The summed E-state index contributed by atoms with van der Waals surface area (Å²) in [7, 11) is -1.71. The number of esters is 2. The topological polar surface area (TPSA) is 114 Å². The van der Waals surface area contributed by atoms with E-state index in [-0.39, 0.29) is 11.9 Å². The van der Waals surface area contributed by atoms with Crippen molar-refractivity contribution in [3.8, 4) is 11.5 Å². The molecule has 206 valence electrons. The number of carbonyl (C=O) groups is 2. The molecule has 0 heterocycles. The lowest BCUT2D eigenvalue weighted by molar-refractivity contribution is -0.132. The second kappa shape index (κ2) is 25.0. The third-order valence-corrected chi connectivity index (χ3v) is 4.83. The predicted octanol–water partition coefficient (Wildman–Crippen LogP) is 5.62. The Kier molecular flexibility index (Phi) is 23.1. The van der Waals surface area contributed by atoms with E-state index in [2.05, 4.69) is 17.2 Å². The van der Waals surface area contributed by atoms with Crippen molar-refractivity contribution in [1.82, 2.24) is 5.48 Å². The molecule has 0 aliphatic rings. The second-order valence-electron chi connectivity index (χ2n) is 8.33. The van der Waals surface area contributed by atoms with E-state index in [9.17, 15) is 9.59 Å². The van der Waals surface area contributed by atoms with E-state index < -0.39 is 7.32 Å². The molecular weight excluding hydrogens is 473 g/mol. The molecule has 9 heteroatoms. The fourth-order valence-electron chi connectivity index (χ4n) is 3.13. The first-order valence-corrected chi connectivity index (χ1v) is 13.1. The summed E-state index contributed by atoms with van der Waals surface area (Å²) in [5, 5.41) is 16.8. The van der Waals surface area contributed by atoms with E-state index in [1.807, 2.05) is 36.4 Å². The molecule has 2 aromatic carbocycles. The van der Waals surface area contributed by atoms with Gasteiger partial charge in [0.05, 0.1) is 0 Å². The van der Waals surface area contributed by atoms with Crippen LogP contribution < -0.4 is 15.0 Å². The van der Waals surface area contributed by atoms with Crippen molar-refractivity contribution in [2.75, 3.05) is 6.54 Å². The molecule has 0 aliphatic heterocycles. The van der Waals surface area contributed by atoms with Crippen molar-refractivity contribution in [3.05, 3.63) is 60.7 Å². The molecule has 0 saturated carbocycles. The first-order valence-electron chi connectivity index (χ1n) is 13.1. The molecule has 0 radical (unpaired) electrons. The zero-order valence-electron chi connectivity index (χ0n) is 22.6. The zero-order valence-corrected chi connectivity index (χ0v) is 22.6. The number of hydroxylamine groups is 1. The lowest BCUT2D eigenvalue weighted by atomic mass is 10.1. The molecule has 0 unspecified atom stereocenters. The van der Waals surface area contributed by atoms with Gasteiger partial charge in [-0.25, -0.2) is 5.48 Å². The van der Waals surface area contributed by atoms with Crippen molar-refractivity contribution < 1.29 is 33.9 Å². The minimum absolute atomic E-state index is 0.286. The molecule has 0 atom stereocenters. The predicted molar refractivity (Wildman–Crippen MR) is 147 cm³/mol. The monoisotopic (exact) mass is 517 g/mol. The lowest BCUT2D eigenvalue weighted by Gasteiger charge is -2.04. The Balaban J connectivity index is 0.000000555. The van der Waals surface area contributed by atoms with Crippen LogP contribution >= 0.6 is 0 Å². The minimum Gasteiger partial charge on any atom is -0.427 e. The molecule has 0 spiro atoms. The van der Waals surface area contributed by atoms with Crippen molar-refractivity contribution >= 4 is 19.3 Å². The number of hydrogen-bond acceptors (Lipinski definition) is 8. The maximum absolute atomic E-state index is 10.4. The van der Waals surface area contributed by atoms with Crippen LogP contribution in [0.5, 0.6) is 11.5 Å². The number of rotatable bonds is 15. The summed E-state index contributed by atoms with van der Waals surface area (Å²) in [6.07, 6.45) is 13.0. The molecule has 2 aromatic rings. The molecule has 0 amide bonds. The summed E-state index contributed by atoms with van der Waals surface area (Å²) < 4.78 is 13.9. The Morgan fingerprint density at radius 1 is 0.676 bits per heavy atom. The van der Waals surface area contributed by atoms with Crippen molar-refractivity contribution in [3.63, 3.8) is 0 Å². The van der Waals surface area contributed by atoms with E-state index in [0.717, 1.165) is 6.42 Å². The van der Waals surface area contributed by atoms with Gasteiger partial charge in [0.15, 0.2) is 0 Å². The van der Waals surface area contributed by atoms with Gasteiger partial charge in [-0.1, -0.05) is 101 Å². The zero-order chi connectivity index (χ0) is 27.6. The Morgan fingerprint density at radius 3 is 1.41 bits per heavy atom. The Hall–Kier alpha value is -2.72. The number of nitrogens with one attached hydrogen (secondary N) is 1. The number of unbranched alkanes of at least 4 members (excludes halogenated alkanes) is 9. The summed E-state index contributed by atoms with van der Waals surface area (Å²) in [5.74, 6) is 0.613. The van der Waals surface area contributed by atoms with Crippen LogP contribution in [0, 0.1) is 0 Å². The molecule has 0 fully saturated rings. The van der Waals surface area contributed by atoms with E-state index >= 15 is 0 Å². The molecular formula is C28H44BNO7. The van der Waals surface area contributed by atoms with Crippen molar-refractivity contribution in [1.29, 1.82) is 0 Å². The van der Waals surface area contributed by atoms with Crippen LogP contribution in [0.2, 0.25) is 0 Å². The van der Waals surface area contributed by atoms with Crippen molar-refractivity contribution in [2.24, 2.45) is 0 Å². The highest BCUT2D eigenvalue weighted by atomic mass is 16.7. The SMILES string of the molecule is CC(=O)Oc1ccccc1.CC(=O)Oc1ccccc1.CCCCCCCCCCCCNOB(O)O. The highest BCUT2D eigenvalue weighted by molar-refractivity contribution is 6.32. The van der Waals surface area contributed by atoms with Crippen LogP contribution in [0.4, 0.5) is 0 Å². The van der Waals surface area contributed by atoms with Gasteiger partial charge in [0.2, 0.25) is 0 Å². The second-order valence-corrected chi connectivity index (χ2v) is 8.33. The number of hydrogen-bond donors (Lipinski definition) is 3. The van der Waals surface area contributed by atoms with Gasteiger partial charge in [0.25, 0.3) is 0 Å².